The van der Waals surface area contributed by atoms with Gasteiger partial charge in [-0.25, -0.2) is 19.3 Å². The molecule has 1 N–H and O–H groups in total. The molecule has 3 heterocycles. The first kappa shape index (κ1) is 11.7. The lowest BCUT2D eigenvalue weighted by Crippen LogP contribution is -2.13. The van der Waals surface area contributed by atoms with Gasteiger partial charge in [0.05, 0.1) is 0 Å². The molecular formula is C8H10Cl2N5OP. The van der Waals surface area contributed by atoms with E-state index in [9.17, 15) is 4.57 Å². The van der Waals surface area contributed by atoms with Crippen molar-refractivity contribution in [3.63, 3.8) is 0 Å². The monoisotopic (exact) mass is 293 g/mol. The van der Waals surface area contributed by atoms with E-state index in [0.717, 1.165) is 26.2 Å². The summed E-state index contributed by atoms with van der Waals surface area (Å²) in [6.45, 7) is 3.36. The normalized spacial score (nSPS) is 20.4. The van der Waals surface area contributed by atoms with Gasteiger partial charge in [0.1, 0.15) is 11.0 Å². The summed E-state index contributed by atoms with van der Waals surface area (Å²) < 4.78 is 16.5. The second-order valence-corrected chi connectivity index (χ2v) is 7.08. The lowest BCUT2D eigenvalue weighted by Gasteiger charge is -2.21. The SMILES string of the molecule is O=P(Nc1cc(Cl)nc(Cl)n1)(N1CC1)N1CC1. The first-order valence-electron chi connectivity index (χ1n) is 5.17. The van der Waals surface area contributed by atoms with Crippen LogP contribution in [0.15, 0.2) is 6.07 Å². The minimum Gasteiger partial charge on any atom is -0.297 e. The Kier molecular flexibility index (Phi) is 2.80. The van der Waals surface area contributed by atoms with Crippen molar-refractivity contribution < 1.29 is 4.57 Å². The number of hydrogen-bond acceptors (Lipinski definition) is 3. The van der Waals surface area contributed by atoms with Crippen molar-refractivity contribution in [2.45, 2.75) is 0 Å². The van der Waals surface area contributed by atoms with Gasteiger partial charge in [-0.2, -0.15) is 0 Å². The molecule has 2 aliphatic heterocycles. The van der Waals surface area contributed by atoms with Crippen LogP contribution in [-0.4, -0.2) is 45.5 Å². The van der Waals surface area contributed by atoms with Gasteiger partial charge < -0.3 is 0 Å². The largest absolute Gasteiger partial charge is 0.309 e. The molecule has 92 valence electrons. The van der Waals surface area contributed by atoms with Crippen molar-refractivity contribution in [1.29, 1.82) is 0 Å². The number of halogens is 2. The third-order valence-corrected chi connectivity index (χ3v) is 5.76. The Bertz CT molecular complexity index is 468. The van der Waals surface area contributed by atoms with Gasteiger partial charge in [-0.1, -0.05) is 11.6 Å². The second-order valence-electron chi connectivity index (χ2n) is 3.91. The molecule has 2 fully saturated rings. The standard InChI is InChI=1S/C8H10Cl2N5OP/c9-6-5-7(12-8(10)11-6)13-17(16,14-1-2-14)15-3-4-15/h5H,1-4H2,(H,11,12,13,16). The van der Waals surface area contributed by atoms with Crippen molar-refractivity contribution in [3.8, 4) is 0 Å². The summed E-state index contributed by atoms with van der Waals surface area (Å²) >= 11 is 11.5. The van der Waals surface area contributed by atoms with Crippen molar-refractivity contribution in [2.75, 3.05) is 31.3 Å². The van der Waals surface area contributed by atoms with Crippen molar-refractivity contribution in [2.24, 2.45) is 0 Å². The average molecular weight is 294 g/mol. The Labute approximate surface area is 108 Å². The summed E-state index contributed by atoms with van der Waals surface area (Å²) in [7, 11) is -2.69. The molecule has 0 amide bonds. The number of anilines is 1. The van der Waals surface area contributed by atoms with Crippen LogP contribution < -0.4 is 5.09 Å². The van der Waals surface area contributed by atoms with Crippen LogP contribution in [0.2, 0.25) is 10.4 Å². The molecule has 9 heteroatoms. The molecule has 0 unspecified atom stereocenters. The molecule has 0 saturated carbocycles. The summed E-state index contributed by atoms with van der Waals surface area (Å²) in [6.07, 6.45) is 0. The molecular weight excluding hydrogens is 284 g/mol. The third-order valence-electron chi connectivity index (χ3n) is 2.54. The third kappa shape index (κ3) is 2.41. The molecule has 0 atom stereocenters. The van der Waals surface area contributed by atoms with Gasteiger partial charge in [-0.05, 0) is 11.6 Å². The van der Waals surface area contributed by atoms with E-state index in [0.29, 0.717) is 5.82 Å². The Balaban J connectivity index is 1.87. The van der Waals surface area contributed by atoms with Crippen LogP contribution in [0, 0.1) is 0 Å². The van der Waals surface area contributed by atoms with Crippen molar-refractivity contribution in [1.82, 2.24) is 19.3 Å². The van der Waals surface area contributed by atoms with Crippen LogP contribution in [0.3, 0.4) is 0 Å². The molecule has 0 aliphatic carbocycles. The van der Waals surface area contributed by atoms with E-state index < -0.39 is 7.59 Å². The van der Waals surface area contributed by atoms with Crippen LogP contribution in [-0.2, 0) is 4.57 Å². The first-order chi connectivity index (χ1) is 8.08. The Morgan fingerprint density at radius 2 is 1.76 bits per heavy atom. The highest BCUT2D eigenvalue weighted by molar-refractivity contribution is 7.61. The van der Waals surface area contributed by atoms with E-state index in [1.165, 1.54) is 6.07 Å². The van der Waals surface area contributed by atoms with E-state index in [1.807, 2.05) is 9.34 Å². The molecule has 2 aliphatic rings. The van der Waals surface area contributed by atoms with Crippen LogP contribution in [0.5, 0.6) is 0 Å². The summed E-state index contributed by atoms with van der Waals surface area (Å²) in [6, 6.07) is 1.52. The topological polar surface area (TPSA) is 60.9 Å². The molecule has 17 heavy (non-hydrogen) atoms. The molecule has 0 radical (unpaired) electrons. The van der Waals surface area contributed by atoms with Crippen LogP contribution in [0.4, 0.5) is 5.82 Å². The van der Waals surface area contributed by atoms with Crippen molar-refractivity contribution >= 4 is 36.6 Å². The van der Waals surface area contributed by atoms with Crippen LogP contribution in [0.25, 0.3) is 0 Å². The average Bonchev–Trinajstić information content (AvgIpc) is 3.09. The predicted molar refractivity (Wildman–Crippen MR) is 66.4 cm³/mol. The van der Waals surface area contributed by atoms with Gasteiger partial charge in [0.2, 0.25) is 5.28 Å². The van der Waals surface area contributed by atoms with Crippen molar-refractivity contribution in [3.05, 3.63) is 16.5 Å². The maximum Gasteiger partial charge on any atom is 0.309 e. The van der Waals surface area contributed by atoms with E-state index >= 15 is 0 Å². The lowest BCUT2D eigenvalue weighted by atomic mass is 10.6. The Hall–Kier alpha value is -0.390. The molecule has 1 aromatic heterocycles. The van der Waals surface area contributed by atoms with Gasteiger partial charge >= 0.3 is 7.59 Å². The zero-order chi connectivity index (χ0) is 12.0. The second kappa shape index (κ2) is 4.07. The lowest BCUT2D eigenvalue weighted by molar-refractivity contribution is 0.524. The molecule has 0 bridgehead atoms. The van der Waals surface area contributed by atoms with Gasteiger partial charge in [-0.15, -0.1) is 0 Å². The van der Waals surface area contributed by atoms with E-state index in [2.05, 4.69) is 15.1 Å². The fraction of sp³-hybridized carbons (Fsp3) is 0.500. The zero-order valence-electron chi connectivity index (χ0n) is 8.81. The first-order valence-corrected chi connectivity index (χ1v) is 7.54. The number of aromatic nitrogens is 2. The number of nitrogens with one attached hydrogen (secondary N) is 1. The highest BCUT2D eigenvalue weighted by atomic mass is 35.5. The fourth-order valence-corrected chi connectivity index (χ4v) is 4.27. The summed E-state index contributed by atoms with van der Waals surface area (Å²) in [4.78, 5) is 7.72. The minimum atomic E-state index is -2.69. The zero-order valence-corrected chi connectivity index (χ0v) is 11.2. The van der Waals surface area contributed by atoms with Gasteiger partial charge in [0, 0.05) is 32.2 Å². The fourth-order valence-electron chi connectivity index (χ4n) is 1.55. The van der Waals surface area contributed by atoms with E-state index in [1.54, 1.807) is 0 Å². The number of rotatable bonds is 4. The van der Waals surface area contributed by atoms with Gasteiger partial charge in [0.15, 0.2) is 0 Å². The van der Waals surface area contributed by atoms with E-state index in [4.69, 9.17) is 23.2 Å². The number of hydrogen-bond donors (Lipinski definition) is 1. The number of nitrogens with zero attached hydrogens (tertiary/aromatic N) is 4. The van der Waals surface area contributed by atoms with Crippen LogP contribution >= 0.6 is 30.8 Å². The molecule has 0 spiro atoms. The Morgan fingerprint density at radius 3 is 2.24 bits per heavy atom. The molecule has 3 rings (SSSR count). The molecule has 0 aromatic carbocycles. The summed E-state index contributed by atoms with van der Waals surface area (Å²) in [5.74, 6) is 0.400. The maximum absolute atomic E-state index is 12.7. The highest BCUT2D eigenvalue weighted by Gasteiger charge is 2.48. The smallest absolute Gasteiger partial charge is 0.297 e. The Morgan fingerprint density at radius 1 is 1.18 bits per heavy atom. The minimum absolute atomic E-state index is 0.0446. The molecule has 6 nitrogen and oxygen atoms in total. The maximum atomic E-state index is 12.7. The van der Waals surface area contributed by atoms with Gasteiger partial charge in [-0.3, -0.25) is 9.65 Å². The van der Waals surface area contributed by atoms with Gasteiger partial charge in [0.25, 0.3) is 0 Å². The quantitative estimate of drug-likeness (QED) is 0.396. The highest BCUT2D eigenvalue weighted by Crippen LogP contribution is 2.59. The van der Waals surface area contributed by atoms with E-state index in [-0.39, 0.29) is 10.4 Å². The molecule has 2 saturated heterocycles. The van der Waals surface area contributed by atoms with Crippen LogP contribution in [0.1, 0.15) is 0 Å². The summed E-state index contributed by atoms with van der Waals surface area (Å²) in [5, 5.41) is 3.22. The summed E-state index contributed by atoms with van der Waals surface area (Å²) in [5.41, 5.74) is 0. The predicted octanol–water partition coefficient (Wildman–Crippen LogP) is 1.93. The molecule has 1 aromatic rings.